The first-order valence-corrected chi connectivity index (χ1v) is 7.69. The first kappa shape index (κ1) is 14.1. The predicted molar refractivity (Wildman–Crippen MR) is 81.8 cm³/mol. The largest absolute Gasteiger partial charge is 0.127 e. The number of thiophene rings is 1. The highest BCUT2D eigenvalue weighted by Crippen LogP contribution is 2.30. The smallest absolute Gasteiger partial charge is 0.0737 e. The fraction of sp³-hybridized carbons (Fsp3) is 0.462. The van der Waals surface area contributed by atoms with E-state index in [2.05, 4.69) is 41.9 Å². The number of thiocarbonyl (C=S) groups is 1. The van der Waals surface area contributed by atoms with Crippen LogP contribution in [0.5, 0.6) is 0 Å². The standard InChI is InChI=1S/C13H17BrS2/c1-3-5-7-10-9-12(16-13(10)14)11(15)8-6-4-2/h6,8-9H,3-5,7H2,1-2H3/b8-6-. The highest BCUT2D eigenvalue weighted by molar-refractivity contribution is 9.11. The molecule has 0 radical (unpaired) electrons. The second-order valence-electron chi connectivity index (χ2n) is 3.69. The Kier molecular flexibility index (Phi) is 6.47. The molecule has 0 atom stereocenters. The Morgan fingerprint density at radius 1 is 1.50 bits per heavy atom. The Balaban J connectivity index is 2.75. The maximum Gasteiger partial charge on any atom is 0.0737 e. The van der Waals surface area contributed by atoms with Gasteiger partial charge >= 0.3 is 0 Å². The molecule has 0 bridgehead atoms. The molecule has 0 spiro atoms. The van der Waals surface area contributed by atoms with Gasteiger partial charge in [-0.05, 0) is 52.9 Å². The maximum absolute atomic E-state index is 5.37. The summed E-state index contributed by atoms with van der Waals surface area (Å²) >= 11 is 10.7. The fourth-order valence-corrected chi connectivity index (χ4v) is 3.34. The molecule has 0 aromatic carbocycles. The summed E-state index contributed by atoms with van der Waals surface area (Å²) in [6.45, 7) is 4.34. The monoisotopic (exact) mass is 316 g/mol. The first-order valence-electron chi connectivity index (χ1n) is 5.68. The van der Waals surface area contributed by atoms with Crippen molar-refractivity contribution in [3.8, 4) is 0 Å². The molecule has 1 heterocycles. The summed E-state index contributed by atoms with van der Waals surface area (Å²) in [7, 11) is 0. The Morgan fingerprint density at radius 3 is 2.88 bits per heavy atom. The Hall–Kier alpha value is 0.01000. The summed E-state index contributed by atoms with van der Waals surface area (Å²) < 4.78 is 1.24. The van der Waals surface area contributed by atoms with E-state index in [9.17, 15) is 0 Å². The molecule has 88 valence electrons. The molecule has 0 aliphatic heterocycles. The van der Waals surface area contributed by atoms with E-state index in [-0.39, 0.29) is 0 Å². The van der Waals surface area contributed by atoms with E-state index in [1.54, 1.807) is 11.3 Å². The van der Waals surface area contributed by atoms with Crippen molar-refractivity contribution in [2.75, 3.05) is 0 Å². The van der Waals surface area contributed by atoms with E-state index >= 15 is 0 Å². The van der Waals surface area contributed by atoms with Crippen molar-refractivity contribution in [2.24, 2.45) is 0 Å². The van der Waals surface area contributed by atoms with E-state index < -0.39 is 0 Å². The van der Waals surface area contributed by atoms with Crippen molar-refractivity contribution in [1.29, 1.82) is 0 Å². The summed E-state index contributed by atoms with van der Waals surface area (Å²) in [6.07, 6.45) is 8.81. The van der Waals surface area contributed by atoms with Crippen LogP contribution in [0.1, 0.15) is 43.6 Å². The molecule has 3 heteroatoms. The highest BCUT2D eigenvalue weighted by atomic mass is 79.9. The van der Waals surface area contributed by atoms with Gasteiger partial charge in [0.05, 0.1) is 8.65 Å². The molecule has 1 rings (SSSR count). The molecule has 0 fully saturated rings. The van der Waals surface area contributed by atoms with Gasteiger partial charge in [-0.25, -0.2) is 0 Å². The first-order chi connectivity index (χ1) is 7.69. The van der Waals surface area contributed by atoms with E-state index in [1.165, 1.54) is 27.1 Å². The van der Waals surface area contributed by atoms with Crippen LogP contribution in [0.15, 0.2) is 22.0 Å². The van der Waals surface area contributed by atoms with Gasteiger partial charge in [-0.1, -0.05) is 38.6 Å². The summed E-state index contributed by atoms with van der Waals surface area (Å²) in [6, 6.07) is 2.23. The lowest BCUT2D eigenvalue weighted by molar-refractivity contribution is 0.795. The molecule has 0 unspecified atom stereocenters. The number of unbranched alkanes of at least 4 members (excludes halogenated alkanes) is 1. The molecule has 1 aromatic rings. The molecule has 1 aromatic heterocycles. The SMILES string of the molecule is CC/C=C\C(=S)c1cc(CCCC)c(Br)s1. The predicted octanol–water partition coefficient (Wildman–Crippen LogP) is 5.54. The van der Waals surface area contributed by atoms with Crippen molar-refractivity contribution < 1.29 is 0 Å². The number of halogens is 1. The highest BCUT2D eigenvalue weighted by Gasteiger charge is 2.08. The van der Waals surface area contributed by atoms with Crippen molar-refractivity contribution in [2.45, 2.75) is 39.5 Å². The fourth-order valence-electron chi connectivity index (χ4n) is 1.37. The average molecular weight is 317 g/mol. The summed E-state index contributed by atoms with van der Waals surface area (Å²) in [5, 5.41) is 0. The lowest BCUT2D eigenvalue weighted by Crippen LogP contribution is -1.87. The Morgan fingerprint density at radius 2 is 2.25 bits per heavy atom. The van der Waals surface area contributed by atoms with Crippen LogP contribution in [0.25, 0.3) is 0 Å². The second-order valence-corrected chi connectivity index (χ2v) is 6.50. The number of hydrogen-bond acceptors (Lipinski definition) is 2. The van der Waals surface area contributed by atoms with Crippen LogP contribution in [-0.4, -0.2) is 4.86 Å². The molecule has 0 nitrogen and oxygen atoms in total. The molecular formula is C13H17BrS2. The number of allylic oxidation sites excluding steroid dienone is 2. The van der Waals surface area contributed by atoms with Gasteiger partial charge in [0.15, 0.2) is 0 Å². The van der Waals surface area contributed by atoms with Crippen molar-refractivity contribution in [3.63, 3.8) is 0 Å². The van der Waals surface area contributed by atoms with Crippen LogP contribution in [0, 0.1) is 0 Å². The summed E-state index contributed by atoms with van der Waals surface area (Å²) in [5.74, 6) is 0. The van der Waals surface area contributed by atoms with Crippen LogP contribution in [0.2, 0.25) is 0 Å². The van der Waals surface area contributed by atoms with E-state index in [1.807, 2.05) is 6.08 Å². The molecule has 0 aliphatic rings. The molecule has 0 N–H and O–H groups in total. The lowest BCUT2D eigenvalue weighted by atomic mass is 10.1. The maximum atomic E-state index is 5.37. The minimum absolute atomic E-state index is 0.954. The molecule has 0 saturated heterocycles. The van der Waals surface area contributed by atoms with Crippen LogP contribution >= 0.6 is 39.5 Å². The van der Waals surface area contributed by atoms with Gasteiger partial charge in [0.25, 0.3) is 0 Å². The normalized spacial score (nSPS) is 11.2. The average Bonchev–Trinajstić information content (AvgIpc) is 2.65. The number of aryl methyl sites for hydroxylation is 1. The van der Waals surface area contributed by atoms with Crippen LogP contribution in [-0.2, 0) is 6.42 Å². The lowest BCUT2D eigenvalue weighted by Gasteiger charge is -1.94. The van der Waals surface area contributed by atoms with Crippen LogP contribution in [0.4, 0.5) is 0 Å². The van der Waals surface area contributed by atoms with Crippen LogP contribution in [0.3, 0.4) is 0 Å². The van der Waals surface area contributed by atoms with E-state index in [0.717, 1.165) is 17.7 Å². The number of hydrogen-bond donors (Lipinski definition) is 0. The topological polar surface area (TPSA) is 0 Å². The van der Waals surface area contributed by atoms with Gasteiger partial charge in [0.2, 0.25) is 0 Å². The van der Waals surface area contributed by atoms with Gasteiger partial charge < -0.3 is 0 Å². The molecular weight excluding hydrogens is 300 g/mol. The zero-order valence-electron chi connectivity index (χ0n) is 9.75. The van der Waals surface area contributed by atoms with Crippen LogP contribution < -0.4 is 0 Å². The van der Waals surface area contributed by atoms with Crippen molar-refractivity contribution in [3.05, 3.63) is 32.4 Å². The zero-order valence-corrected chi connectivity index (χ0v) is 13.0. The molecule has 16 heavy (non-hydrogen) atoms. The third-order valence-corrected chi connectivity index (χ3v) is 4.78. The van der Waals surface area contributed by atoms with Gasteiger partial charge in [-0.3, -0.25) is 0 Å². The number of rotatable bonds is 6. The van der Waals surface area contributed by atoms with E-state index in [0.29, 0.717) is 0 Å². The quantitative estimate of drug-likeness (QED) is 0.377. The van der Waals surface area contributed by atoms with Crippen molar-refractivity contribution in [1.82, 2.24) is 0 Å². The minimum atomic E-state index is 0.954. The van der Waals surface area contributed by atoms with Gasteiger partial charge in [-0.2, -0.15) is 0 Å². The third kappa shape index (κ3) is 4.11. The molecule has 0 amide bonds. The summed E-state index contributed by atoms with van der Waals surface area (Å²) in [5.41, 5.74) is 1.40. The van der Waals surface area contributed by atoms with Gasteiger partial charge in [0, 0.05) is 4.88 Å². The zero-order chi connectivity index (χ0) is 12.0. The van der Waals surface area contributed by atoms with Gasteiger partial charge in [-0.15, -0.1) is 11.3 Å². The molecule has 0 saturated carbocycles. The molecule has 0 aliphatic carbocycles. The third-order valence-electron chi connectivity index (χ3n) is 2.30. The second kappa shape index (κ2) is 7.36. The minimum Gasteiger partial charge on any atom is -0.127 e. The van der Waals surface area contributed by atoms with E-state index in [4.69, 9.17) is 12.2 Å². The Labute approximate surface area is 116 Å². The van der Waals surface area contributed by atoms with Gasteiger partial charge in [0.1, 0.15) is 0 Å². The Bertz CT molecular complexity index is 377. The van der Waals surface area contributed by atoms with Crippen molar-refractivity contribution >= 4 is 44.3 Å². The summed E-state index contributed by atoms with van der Waals surface area (Å²) in [4.78, 5) is 2.16.